The lowest BCUT2D eigenvalue weighted by atomic mass is 9.97. The van der Waals surface area contributed by atoms with Crippen molar-refractivity contribution < 1.29 is 0 Å². The van der Waals surface area contributed by atoms with Crippen molar-refractivity contribution in [2.45, 2.75) is 39.5 Å². The highest BCUT2D eigenvalue weighted by Crippen LogP contribution is 2.32. The zero-order valence-corrected chi connectivity index (χ0v) is 12.9. The van der Waals surface area contributed by atoms with Crippen LogP contribution in [0.2, 0.25) is 0 Å². The van der Waals surface area contributed by atoms with Crippen LogP contribution in [0.3, 0.4) is 0 Å². The predicted octanol–water partition coefficient (Wildman–Crippen LogP) is 3.71. The van der Waals surface area contributed by atoms with Crippen LogP contribution >= 0.6 is 15.9 Å². The van der Waals surface area contributed by atoms with Crippen molar-refractivity contribution in [3.8, 4) is 5.69 Å². The van der Waals surface area contributed by atoms with Crippen LogP contribution in [0.4, 0.5) is 5.82 Å². The van der Waals surface area contributed by atoms with Gasteiger partial charge in [-0.2, -0.15) is 5.10 Å². The lowest BCUT2D eigenvalue weighted by molar-refractivity contribution is 0.652. The Hall–Kier alpha value is -1.29. The van der Waals surface area contributed by atoms with Gasteiger partial charge in [0.15, 0.2) is 0 Å². The van der Waals surface area contributed by atoms with Crippen LogP contribution in [-0.2, 0) is 12.8 Å². The number of anilines is 1. The number of nitrogens with zero attached hydrogens (tertiary/aromatic N) is 2. The van der Waals surface area contributed by atoms with Crippen LogP contribution in [0.1, 0.15) is 35.2 Å². The summed E-state index contributed by atoms with van der Waals surface area (Å²) < 4.78 is 3.13. The molecule has 0 saturated carbocycles. The van der Waals surface area contributed by atoms with Gasteiger partial charge in [0.05, 0.1) is 5.69 Å². The number of rotatable bonds is 1. The molecule has 2 aromatic rings. The Balaban J connectivity index is 2.23. The molecule has 1 aromatic carbocycles. The molecule has 0 radical (unpaired) electrons. The Morgan fingerprint density at radius 2 is 1.95 bits per heavy atom. The van der Waals surface area contributed by atoms with Crippen LogP contribution in [0, 0.1) is 13.8 Å². The van der Waals surface area contributed by atoms with E-state index in [-0.39, 0.29) is 0 Å². The SMILES string of the molecule is Cc1cc(C)c(-n2nc(N)c3c2CCCC3)c(Br)c1. The first kappa shape index (κ1) is 12.7. The summed E-state index contributed by atoms with van der Waals surface area (Å²) in [7, 11) is 0. The van der Waals surface area contributed by atoms with E-state index >= 15 is 0 Å². The molecule has 0 aliphatic heterocycles. The second-order valence-corrected chi connectivity index (χ2v) is 6.20. The first-order valence-electron chi connectivity index (χ1n) is 6.71. The summed E-state index contributed by atoms with van der Waals surface area (Å²) in [6, 6.07) is 4.32. The third-order valence-corrected chi connectivity index (χ3v) is 4.43. The van der Waals surface area contributed by atoms with E-state index in [1.54, 1.807) is 0 Å². The maximum Gasteiger partial charge on any atom is 0.149 e. The van der Waals surface area contributed by atoms with E-state index in [4.69, 9.17) is 5.73 Å². The summed E-state index contributed by atoms with van der Waals surface area (Å²) in [4.78, 5) is 0. The number of nitrogens with two attached hydrogens (primary N) is 1. The van der Waals surface area contributed by atoms with Gasteiger partial charge in [-0.1, -0.05) is 6.07 Å². The zero-order chi connectivity index (χ0) is 13.6. The maximum absolute atomic E-state index is 6.08. The minimum atomic E-state index is 0.696. The highest BCUT2D eigenvalue weighted by Gasteiger charge is 2.21. The molecule has 0 unspecified atom stereocenters. The summed E-state index contributed by atoms with van der Waals surface area (Å²) in [5.74, 6) is 0.696. The number of benzene rings is 1. The monoisotopic (exact) mass is 319 g/mol. The summed E-state index contributed by atoms with van der Waals surface area (Å²) in [5.41, 5.74) is 12.2. The standard InChI is InChI=1S/C15H18BrN3/c1-9-7-10(2)14(12(16)8-9)19-13-6-4-3-5-11(13)15(17)18-19/h7-8H,3-6H2,1-2H3,(H2,17,18). The minimum absolute atomic E-state index is 0.696. The van der Waals surface area contributed by atoms with Crippen LogP contribution in [0.15, 0.2) is 16.6 Å². The second kappa shape index (κ2) is 4.67. The molecule has 2 N–H and O–H groups in total. The summed E-state index contributed by atoms with van der Waals surface area (Å²) in [5, 5.41) is 4.58. The molecule has 0 fully saturated rings. The quantitative estimate of drug-likeness (QED) is 0.870. The lowest BCUT2D eigenvalue weighted by Gasteiger charge is -2.16. The van der Waals surface area contributed by atoms with Gasteiger partial charge in [0, 0.05) is 15.7 Å². The van der Waals surface area contributed by atoms with E-state index in [9.17, 15) is 0 Å². The summed E-state index contributed by atoms with van der Waals surface area (Å²) in [6.07, 6.45) is 4.57. The lowest BCUT2D eigenvalue weighted by Crippen LogP contribution is -2.09. The molecule has 100 valence electrons. The number of fused-ring (bicyclic) bond motifs is 1. The van der Waals surface area contributed by atoms with Crippen LogP contribution < -0.4 is 5.73 Å². The smallest absolute Gasteiger partial charge is 0.149 e. The molecule has 19 heavy (non-hydrogen) atoms. The van der Waals surface area contributed by atoms with Gasteiger partial charge in [0.1, 0.15) is 5.82 Å². The van der Waals surface area contributed by atoms with E-state index in [0.717, 1.165) is 23.0 Å². The Morgan fingerprint density at radius 1 is 1.21 bits per heavy atom. The molecule has 1 aromatic heterocycles. The van der Waals surface area contributed by atoms with Gasteiger partial charge >= 0.3 is 0 Å². The van der Waals surface area contributed by atoms with Crippen molar-refractivity contribution in [1.29, 1.82) is 0 Å². The predicted molar refractivity (Wildman–Crippen MR) is 81.8 cm³/mol. The Labute approximate surface area is 121 Å². The van der Waals surface area contributed by atoms with Crippen molar-refractivity contribution in [2.24, 2.45) is 0 Å². The van der Waals surface area contributed by atoms with E-state index in [0.29, 0.717) is 5.82 Å². The number of nitrogen functional groups attached to an aromatic ring is 1. The molecular weight excluding hydrogens is 302 g/mol. The second-order valence-electron chi connectivity index (χ2n) is 5.34. The van der Waals surface area contributed by atoms with E-state index < -0.39 is 0 Å². The first-order chi connectivity index (χ1) is 9.08. The van der Waals surface area contributed by atoms with Crippen LogP contribution in [-0.4, -0.2) is 9.78 Å². The maximum atomic E-state index is 6.08. The number of aromatic nitrogens is 2. The van der Waals surface area contributed by atoms with Gasteiger partial charge in [0.2, 0.25) is 0 Å². The van der Waals surface area contributed by atoms with E-state index in [2.05, 4.69) is 47.0 Å². The molecule has 1 aliphatic rings. The third kappa shape index (κ3) is 2.08. The fraction of sp³-hybridized carbons (Fsp3) is 0.400. The van der Waals surface area contributed by atoms with Crippen molar-refractivity contribution >= 4 is 21.7 Å². The van der Waals surface area contributed by atoms with Crippen molar-refractivity contribution in [2.75, 3.05) is 5.73 Å². The fourth-order valence-electron chi connectivity index (χ4n) is 2.99. The Kier molecular flexibility index (Phi) is 3.13. The van der Waals surface area contributed by atoms with Gasteiger partial charge in [-0.15, -0.1) is 0 Å². The molecule has 0 bridgehead atoms. The van der Waals surface area contributed by atoms with Gasteiger partial charge in [-0.25, -0.2) is 4.68 Å². The van der Waals surface area contributed by atoms with E-state index in [1.165, 1.54) is 35.2 Å². The van der Waals surface area contributed by atoms with Crippen molar-refractivity contribution in [1.82, 2.24) is 9.78 Å². The molecule has 1 aliphatic carbocycles. The Morgan fingerprint density at radius 3 is 2.68 bits per heavy atom. The normalized spacial score (nSPS) is 14.5. The molecule has 1 heterocycles. The zero-order valence-electron chi connectivity index (χ0n) is 11.3. The number of aryl methyl sites for hydroxylation is 2. The first-order valence-corrected chi connectivity index (χ1v) is 7.50. The molecule has 0 spiro atoms. The summed E-state index contributed by atoms with van der Waals surface area (Å²) >= 11 is 3.67. The van der Waals surface area contributed by atoms with E-state index in [1.807, 2.05) is 4.68 Å². The molecule has 3 nitrogen and oxygen atoms in total. The highest BCUT2D eigenvalue weighted by molar-refractivity contribution is 9.10. The molecule has 0 saturated heterocycles. The van der Waals surface area contributed by atoms with Gasteiger partial charge < -0.3 is 5.73 Å². The van der Waals surface area contributed by atoms with Crippen LogP contribution in [0.5, 0.6) is 0 Å². The topological polar surface area (TPSA) is 43.8 Å². The largest absolute Gasteiger partial charge is 0.382 e. The number of halogens is 1. The number of hydrogen-bond donors (Lipinski definition) is 1. The summed E-state index contributed by atoms with van der Waals surface area (Å²) in [6.45, 7) is 4.23. The average Bonchev–Trinajstić information content (AvgIpc) is 2.67. The van der Waals surface area contributed by atoms with Gasteiger partial charge in [-0.3, -0.25) is 0 Å². The Bertz CT molecular complexity index is 620. The van der Waals surface area contributed by atoms with Crippen molar-refractivity contribution in [3.63, 3.8) is 0 Å². The molecule has 4 heteroatoms. The molecular formula is C15H18BrN3. The highest BCUT2D eigenvalue weighted by atomic mass is 79.9. The third-order valence-electron chi connectivity index (χ3n) is 3.82. The van der Waals surface area contributed by atoms with Crippen LogP contribution in [0.25, 0.3) is 5.69 Å². The van der Waals surface area contributed by atoms with Gasteiger partial charge in [0.25, 0.3) is 0 Å². The molecule has 3 rings (SSSR count). The average molecular weight is 320 g/mol. The van der Waals surface area contributed by atoms with Crippen molar-refractivity contribution in [3.05, 3.63) is 39.0 Å². The molecule has 0 amide bonds. The number of hydrogen-bond acceptors (Lipinski definition) is 2. The van der Waals surface area contributed by atoms with Gasteiger partial charge in [-0.05, 0) is 72.7 Å². The fourth-order valence-corrected chi connectivity index (χ4v) is 3.83. The molecule has 0 atom stereocenters. The minimum Gasteiger partial charge on any atom is -0.382 e.